The Labute approximate surface area is 202 Å². The van der Waals surface area contributed by atoms with Gasteiger partial charge in [0.15, 0.2) is 0 Å². The van der Waals surface area contributed by atoms with Gasteiger partial charge in [-0.3, -0.25) is 9.48 Å². The molecule has 10 heteroatoms. The minimum absolute atomic E-state index is 0.0567. The molecular formula is C25H29F3N6O. The van der Waals surface area contributed by atoms with E-state index in [-0.39, 0.29) is 12.1 Å². The summed E-state index contributed by atoms with van der Waals surface area (Å²) in [4.78, 5) is 20.0. The summed E-state index contributed by atoms with van der Waals surface area (Å²) in [7, 11) is 0. The second-order valence-electron chi connectivity index (χ2n) is 8.95. The Kier molecular flexibility index (Phi) is 7.49. The summed E-state index contributed by atoms with van der Waals surface area (Å²) >= 11 is 0. The van der Waals surface area contributed by atoms with Gasteiger partial charge in [-0.15, -0.1) is 0 Å². The zero-order valence-electron chi connectivity index (χ0n) is 19.6. The van der Waals surface area contributed by atoms with Gasteiger partial charge < -0.3 is 11.1 Å². The molecule has 2 aromatic heterocycles. The average Bonchev–Trinajstić information content (AvgIpc) is 3.31. The fraction of sp³-hybridized carbons (Fsp3) is 0.440. The van der Waals surface area contributed by atoms with Crippen LogP contribution in [0.5, 0.6) is 0 Å². The molecule has 3 N–H and O–H groups in total. The molecule has 3 heterocycles. The first-order chi connectivity index (χ1) is 16.7. The second kappa shape index (κ2) is 10.6. The molecule has 1 aromatic carbocycles. The number of nitrogens with two attached hydrogens (primary N) is 1. The summed E-state index contributed by atoms with van der Waals surface area (Å²) in [5.41, 5.74) is 6.89. The molecule has 4 rings (SSSR count). The van der Waals surface area contributed by atoms with Crippen LogP contribution >= 0.6 is 0 Å². The SMILES string of the molecule is CC(C(N)=O)c1ccccc1CCc1nc(Cc2cnn(C3CCNCC3)c2)ncc1C(F)(F)F. The van der Waals surface area contributed by atoms with Crippen LogP contribution in [0, 0.1) is 0 Å². The minimum Gasteiger partial charge on any atom is -0.369 e. The van der Waals surface area contributed by atoms with Crippen LogP contribution < -0.4 is 11.1 Å². The molecule has 1 amide bonds. The van der Waals surface area contributed by atoms with Gasteiger partial charge in [-0.1, -0.05) is 24.3 Å². The van der Waals surface area contributed by atoms with Crippen LogP contribution in [-0.4, -0.2) is 38.7 Å². The number of carbonyl (C=O) groups excluding carboxylic acids is 1. The third-order valence-electron chi connectivity index (χ3n) is 6.50. The van der Waals surface area contributed by atoms with Crippen molar-refractivity contribution >= 4 is 5.91 Å². The monoisotopic (exact) mass is 486 g/mol. The molecule has 0 aliphatic carbocycles. The highest BCUT2D eigenvalue weighted by atomic mass is 19.4. The molecule has 1 aliphatic heterocycles. The number of carbonyl (C=O) groups is 1. The fourth-order valence-corrected chi connectivity index (χ4v) is 4.48. The Balaban J connectivity index is 1.54. The number of rotatable bonds is 8. The number of nitrogens with one attached hydrogen (secondary N) is 1. The van der Waals surface area contributed by atoms with E-state index in [1.807, 2.05) is 10.9 Å². The number of aryl methyl sites for hydroxylation is 2. The van der Waals surface area contributed by atoms with Crippen LogP contribution in [0.1, 0.15) is 65.5 Å². The predicted molar refractivity (Wildman–Crippen MR) is 125 cm³/mol. The molecule has 0 radical (unpaired) electrons. The van der Waals surface area contributed by atoms with Crippen molar-refractivity contribution in [3.8, 4) is 0 Å². The van der Waals surface area contributed by atoms with Crippen LogP contribution in [0.3, 0.4) is 0 Å². The van der Waals surface area contributed by atoms with Crippen LogP contribution in [0.15, 0.2) is 42.9 Å². The summed E-state index contributed by atoms with van der Waals surface area (Å²) in [6, 6.07) is 7.48. The topological polar surface area (TPSA) is 98.7 Å². The lowest BCUT2D eigenvalue weighted by Gasteiger charge is -2.22. The Bertz CT molecular complexity index is 1170. The molecule has 3 aromatic rings. The molecule has 1 atom stereocenters. The van der Waals surface area contributed by atoms with Gasteiger partial charge in [0.05, 0.1) is 29.4 Å². The lowest BCUT2D eigenvalue weighted by molar-refractivity contribution is -0.138. The third-order valence-corrected chi connectivity index (χ3v) is 6.50. The fourth-order valence-electron chi connectivity index (χ4n) is 4.48. The number of alkyl halides is 3. The molecule has 7 nitrogen and oxygen atoms in total. The number of amides is 1. The summed E-state index contributed by atoms with van der Waals surface area (Å²) in [6.07, 6.45) is 2.58. The average molecular weight is 487 g/mol. The first kappa shape index (κ1) is 24.8. The lowest BCUT2D eigenvalue weighted by atomic mass is 9.92. The number of benzene rings is 1. The molecule has 1 unspecified atom stereocenters. The number of aromatic nitrogens is 4. The van der Waals surface area contributed by atoms with Crippen molar-refractivity contribution in [2.24, 2.45) is 5.73 Å². The van der Waals surface area contributed by atoms with E-state index in [4.69, 9.17) is 5.73 Å². The Morgan fingerprint density at radius 1 is 1.20 bits per heavy atom. The summed E-state index contributed by atoms with van der Waals surface area (Å²) < 4.78 is 43.0. The van der Waals surface area contributed by atoms with Crippen molar-refractivity contribution in [1.82, 2.24) is 25.1 Å². The predicted octanol–water partition coefficient (Wildman–Crippen LogP) is 3.58. The molecule has 1 aliphatic rings. The number of primary amides is 1. The Morgan fingerprint density at radius 3 is 2.66 bits per heavy atom. The molecule has 0 saturated carbocycles. The Hall–Kier alpha value is -3.27. The highest BCUT2D eigenvalue weighted by Gasteiger charge is 2.35. The number of nitrogens with zero attached hydrogens (tertiary/aromatic N) is 4. The molecular weight excluding hydrogens is 457 g/mol. The molecule has 0 spiro atoms. The van der Waals surface area contributed by atoms with E-state index in [1.54, 1.807) is 37.4 Å². The standard InChI is InChI=1S/C25H29F3N6O/c1-16(24(29)35)20-5-3-2-4-18(20)6-7-22-21(25(26,27)28)14-31-23(33-22)12-17-13-32-34(15-17)19-8-10-30-11-9-19/h2-5,13-16,19,30H,6-12H2,1H3,(H2,29,35). The highest BCUT2D eigenvalue weighted by Crippen LogP contribution is 2.32. The van der Waals surface area contributed by atoms with Crippen molar-refractivity contribution in [3.05, 3.63) is 76.6 Å². The van der Waals surface area contributed by atoms with Gasteiger partial charge >= 0.3 is 6.18 Å². The number of hydrogen-bond donors (Lipinski definition) is 2. The highest BCUT2D eigenvalue weighted by molar-refractivity contribution is 5.81. The maximum Gasteiger partial charge on any atom is 0.419 e. The van der Waals surface area contributed by atoms with Crippen molar-refractivity contribution in [2.45, 2.75) is 57.2 Å². The number of halogens is 3. The second-order valence-corrected chi connectivity index (χ2v) is 8.95. The smallest absolute Gasteiger partial charge is 0.369 e. The molecule has 0 bridgehead atoms. The minimum atomic E-state index is -4.56. The van der Waals surface area contributed by atoms with E-state index in [0.717, 1.165) is 43.3 Å². The van der Waals surface area contributed by atoms with Crippen molar-refractivity contribution in [2.75, 3.05) is 13.1 Å². The van der Waals surface area contributed by atoms with E-state index < -0.39 is 23.6 Å². The van der Waals surface area contributed by atoms with E-state index >= 15 is 0 Å². The zero-order chi connectivity index (χ0) is 25.0. The van der Waals surface area contributed by atoms with Crippen LogP contribution in [0.25, 0.3) is 0 Å². The van der Waals surface area contributed by atoms with Gasteiger partial charge in [0, 0.05) is 18.8 Å². The van der Waals surface area contributed by atoms with Crippen LogP contribution in [0.2, 0.25) is 0 Å². The maximum absolute atomic E-state index is 13.7. The Morgan fingerprint density at radius 2 is 1.94 bits per heavy atom. The van der Waals surface area contributed by atoms with Gasteiger partial charge in [0.25, 0.3) is 0 Å². The normalized spacial score (nSPS) is 15.8. The van der Waals surface area contributed by atoms with E-state index in [2.05, 4.69) is 20.4 Å². The van der Waals surface area contributed by atoms with Crippen LogP contribution in [-0.2, 0) is 30.2 Å². The van der Waals surface area contributed by atoms with Crippen molar-refractivity contribution < 1.29 is 18.0 Å². The largest absolute Gasteiger partial charge is 0.419 e. The van der Waals surface area contributed by atoms with Gasteiger partial charge in [-0.2, -0.15) is 18.3 Å². The van der Waals surface area contributed by atoms with Gasteiger partial charge in [0.2, 0.25) is 5.91 Å². The number of hydrogen-bond acceptors (Lipinski definition) is 5. The van der Waals surface area contributed by atoms with Crippen molar-refractivity contribution in [1.29, 1.82) is 0 Å². The quantitative estimate of drug-likeness (QED) is 0.507. The van der Waals surface area contributed by atoms with Crippen molar-refractivity contribution in [3.63, 3.8) is 0 Å². The molecule has 1 fully saturated rings. The van der Waals surface area contributed by atoms with Crippen LogP contribution in [0.4, 0.5) is 13.2 Å². The van der Waals surface area contributed by atoms with Gasteiger partial charge in [-0.05, 0) is 62.4 Å². The zero-order valence-corrected chi connectivity index (χ0v) is 19.6. The molecule has 186 valence electrons. The summed E-state index contributed by atoms with van der Waals surface area (Å²) in [5.74, 6) is -0.704. The molecule has 35 heavy (non-hydrogen) atoms. The van der Waals surface area contributed by atoms with E-state index in [0.29, 0.717) is 30.3 Å². The maximum atomic E-state index is 13.7. The molecule has 1 saturated heterocycles. The van der Waals surface area contributed by atoms with E-state index in [1.165, 1.54) is 0 Å². The summed E-state index contributed by atoms with van der Waals surface area (Å²) in [5, 5.41) is 7.76. The first-order valence-electron chi connectivity index (χ1n) is 11.7. The third kappa shape index (κ3) is 6.05. The lowest BCUT2D eigenvalue weighted by Crippen LogP contribution is -2.29. The van der Waals surface area contributed by atoms with E-state index in [9.17, 15) is 18.0 Å². The summed E-state index contributed by atoms with van der Waals surface area (Å²) in [6.45, 7) is 3.56. The first-order valence-corrected chi connectivity index (χ1v) is 11.7. The van der Waals surface area contributed by atoms with Gasteiger partial charge in [0.1, 0.15) is 5.82 Å². The van der Waals surface area contributed by atoms with Gasteiger partial charge in [-0.25, -0.2) is 9.97 Å². The number of piperidine rings is 1.